The van der Waals surface area contributed by atoms with Crippen molar-refractivity contribution in [3.8, 4) is 17.2 Å². The Hall–Kier alpha value is -6.18. The average Bonchev–Trinajstić information content (AvgIpc) is 3.86. The van der Waals surface area contributed by atoms with E-state index in [2.05, 4.69) is 27.6 Å². The summed E-state index contributed by atoms with van der Waals surface area (Å²) in [4.78, 5) is 32.4. The molecular weight excluding hydrogens is 929 g/mol. The smallest absolute Gasteiger partial charge is 0.263 e. The number of hydrogen-bond acceptors (Lipinski definition) is 13. The first kappa shape index (κ1) is 55.1. The lowest BCUT2D eigenvalue weighted by Crippen LogP contribution is -2.50. The summed E-state index contributed by atoms with van der Waals surface area (Å²) in [5.74, 6) is 1.50. The number of halogens is 2. The number of aryl methyl sites for hydroxylation is 1. The first-order valence-corrected chi connectivity index (χ1v) is 24.8. The summed E-state index contributed by atoms with van der Waals surface area (Å²) in [7, 11) is 3.65. The SMILES string of the molecule is COc1ccc(CNC(=O)C(c2cccc(C(F)F)c2)N(C(=O)CCc2ccc(OCCCCN(C)CCOCCOCCc3cn(CCOCCOc4ccc(N)cc4)nn3)cc2)C2CCOCC2)cc1. The highest BCUT2D eigenvalue weighted by molar-refractivity contribution is 5.89. The molecule has 5 aromatic rings. The zero-order chi connectivity index (χ0) is 50.8. The van der Waals surface area contributed by atoms with E-state index in [9.17, 15) is 18.4 Å². The maximum atomic E-state index is 14.3. The first-order chi connectivity index (χ1) is 35.1. The van der Waals surface area contributed by atoms with Crippen molar-refractivity contribution in [3.05, 3.63) is 131 Å². The number of carbonyl (C=O) groups is 2. The molecule has 1 unspecified atom stereocenters. The van der Waals surface area contributed by atoms with E-state index >= 15 is 0 Å². The average molecular weight is 1000 g/mol. The van der Waals surface area contributed by atoms with E-state index in [4.69, 9.17) is 38.9 Å². The van der Waals surface area contributed by atoms with E-state index in [0.29, 0.717) is 115 Å². The number of methoxy groups -OCH3 is 1. The van der Waals surface area contributed by atoms with E-state index in [1.54, 1.807) is 47.0 Å². The van der Waals surface area contributed by atoms with Gasteiger partial charge >= 0.3 is 0 Å². The standard InChI is InChI=1S/C54H71F2N7O9/c1-61(26-32-69-35-34-68-29-22-46-40-62(60-59-46)27-33-70-36-37-72-50-19-13-45(57)14-20-50)25-3-4-28-71-49-17-8-41(9-18-49)12-21-51(64)63(47-23-30-67-31-24-47)52(43-6-5-7-44(38-43)53(55)56)54(65)58-39-42-10-15-48(66-2)16-11-42/h5-11,13-20,38,40,47,52-53H,3-4,12,21-37,39,57H2,1-2H3,(H,58,65). The molecule has 0 spiro atoms. The molecule has 1 aliphatic rings. The van der Waals surface area contributed by atoms with Crippen LogP contribution in [-0.4, -0.2) is 136 Å². The predicted molar refractivity (Wildman–Crippen MR) is 269 cm³/mol. The van der Waals surface area contributed by atoms with Crippen LogP contribution in [-0.2, 0) is 54.5 Å². The Kier molecular flexibility index (Phi) is 23.5. The Bertz CT molecular complexity index is 2320. The minimum atomic E-state index is -2.73. The number of anilines is 1. The van der Waals surface area contributed by atoms with Crippen LogP contribution in [0.1, 0.15) is 72.5 Å². The fraction of sp³-hybridized carbons (Fsp3) is 0.481. The van der Waals surface area contributed by atoms with Crippen molar-refractivity contribution in [2.75, 3.05) is 99.0 Å². The second kappa shape index (κ2) is 30.6. The van der Waals surface area contributed by atoms with Gasteiger partial charge in [0.05, 0.1) is 65.6 Å². The Balaban J connectivity index is 0.837. The van der Waals surface area contributed by atoms with Crippen LogP contribution in [0, 0.1) is 0 Å². The highest BCUT2D eigenvalue weighted by atomic mass is 19.3. The van der Waals surface area contributed by atoms with Gasteiger partial charge in [-0.25, -0.2) is 13.5 Å². The predicted octanol–water partition coefficient (Wildman–Crippen LogP) is 7.27. The molecule has 0 radical (unpaired) electrons. The molecule has 6 rings (SSSR count). The molecule has 1 fully saturated rings. The van der Waals surface area contributed by atoms with Crippen LogP contribution >= 0.6 is 0 Å². The fourth-order valence-electron chi connectivity index (χ4n) is 8.10. The van der Waals surface area contributed by atoms with E-state index < -0.39 is 18.4 Å². The fourth-order valence-corrected chi connectivity index (χ4v) is 8.10. The van der Waals surface area contributed by atoms with Crippen LogP contribution < -0.4 is 25.3 Å². The minimum Gasteiger partial charge on any atom is -0.497 e. The topological polar surface area (TPSA) is 174 Å². The minimum absolute atomic E-state index is 0.121. The van der Waals surface area contributed by atoms with Crippen LogP contribution in [0.2, 0.25) is 0 Å². The molecule has 18 heteroatoms. The molecule has 2 amide bonds. The summed E-state index contributed by atoms with van der Waals surface area (Å²) < 4.78 is 69.4. The molecule has 390 valence electrons. The maximum Gasteiger partial charge on any atom is 0.263 e. The largest absolute Gasteiger partial charge is 0.497 e. The Morgan fingerprint density at radius 1 is 0.764 bits per heavy atom. The van der Waals surface area contributed by atoms with Crippen molar-refractivity contribution >= 4 is 17.5 Å². The van der Waals surface area contributed by atoms with Gasteiger partial charge in [-0.15, -0.1) is 5.10 Å². The Labute approximate surface area is 422 Å². The third kappa shape index (κ3) is 19.1. The van der Waals surface area contributed by atoms with Crippen molar-refractivity contribution in [2.24, 2.45) is 0 Å². The summed E-state index contributed by atoms with van der Waals surface area (Å²) in [6.07, 6.45) is 3.28. The second-order valence-electron chi connectivity index (χ2n) is 17.6. The van der Waals surface area contributed by atoms with Crippen LogP contribution in [0.3, 0.4) is 0 Å². The van der Waals surface area contributed by atoms with E-state index in [1.807, 2.05) is 54.7 Å². The van der Waals surface area contributed by atoms with Crippen molar-refractivity contribution in [1.82, 2.24) is 30.1 Å². The molecule has 0 aliphatic carbocycles. The molecular formula is C54H71F2N7O9. The van der Waals surface area contributed by atoms with Gasteiger partial charge in [0.15, 0.2) is 0 Å². The number of nitrogen functional groups attached to an aromatic ring is 1. The monoisotopic (exact) mass is 1000 g/mol. The number of nitrogens with two attached hydrogens (primary N) is 1. The highest BCUT2D eigenvalue weighted by Crippen LogP contribution is 2.32. The third-order valence-electron chi connectivity index (χ3n) is 12.2. The van der Waals surface area contributed by atoms with Crippen LogP contribution in [0.15, 0.2) is 103 Å². The highest BCUT2D eigenvalue weighted by Gasteiger charge is 2.37. The Morgan fingerprint density at radius 3 is 2.15 bits per heavy atom. The van der Waals surface area contributed by atoms with E-state index in [0.717, 1.165) is 54.3 Å². The summed E-state index contributed by atoms with van der Waals surface area (Å²) in [6, 6.07) is 26.6. The zero-order valence-corrected chi connectivity index (χ0v) is 41.6. The lowest BCUT2D eigenvalue weighted by molar-refractivity contribution is -0.146. The summed E-state index contributed by atoms with van der Waals surface area (Å²) in [6.45, 7) is 7.53. The number of rotatable bonds is 33. The van der Waals surface area contributed by atoms with Crippen LogP contribution in [0.5, 0.6) is 17.2 Å². The molecule has 1 aliphatic heterocycles. The summed E-state index contributed by atoms with van der Waals surface area (Å²) >= 11 is 0. The Morgan fingerprint density at radius 2 is 1.42 bits per heavy atom. The molecule has 3 N–H and O–H groups in total. The van der Waals surface area contributed by atoms with Crippen LogP contribution in [0.4, 0.5) is 14.5 Å². The summed E-state index contributed by atoms with van der Waals surface area (Å²) in [5, 5.41) is 11.4. The quantitative estimate of drug-likeness (QED) is 0.0318. The molecule has 1 saturated heterocycles. The van der Waals surface area contributed by atoms with Gasteiger partial charge in [-0.05, 0) is 117 Å². The van der Waals surface area contributed by atoms with Crippen molar-refractivity contribution in [3.63, 3.8) is 0 Å². The van der Waals surface area contributed by atoms with Gasteiger partial charge in [-0.3, -0.25) is 9.59 Å². The van der Waals surface area contributed by atoms with E-state index in [1.165, 1.54) is 18.2 Å². The molecule has 72 heavy (non-hydrogen) atoms. The first-order valence-electron chi connectivity index (χ1n) is 24.8. The molecule has 1 aromatic heterocycles. The van der Waals surface area contributed by atoms with Crippen molar-refractivity contribution in [1.29, 1.82) is 0 Å². The van der Waals surface area contributed by atoms with Crippen LogP contribution in [0.25, 0.3) is 0 Å². The van der Waals surface area contributed by atoms with Gasteiger partial charge in [0.25, 0.3) is 6.43 Å². The zero-order valence-electron chi connectivity index (χ0n) is 41.6. The number of unbranched alkanes of at least 4 members (excludes halogenated alkanes) is 1. The second-order valence-corrected chi connectivity index (χ2v) is 17.6. The number of likely N-dealkylation sites (N-methyl/N-ethyl adjacent to an activating group) is 1. The molecule has 0 saturated carbocycles. The lowest BCUT2D eigenvalue weighted by atomic mass is 9.96. The molecule has 4 aromatic carbocycles. The van der Waals surface area contributed by atoms with E-state index in [-0.39, 0.29) is 30.5 Å². The molecule has 0 bridgehead atoms. The molecule has 2 heterocycles. The maximum absolute atomic E-state index is 14.3. The lowest BCUT2D eigenvalue weighted by Gasteiger charge is -2.39. The number of benzene rings is 4. The normalized spacial score (nSPS) is 13.3. The van der Waals surface area contributed by atoms with Crippen molar-refractivity contribution < 1.29 is 51.5 Å². The van der Waals surface area contributed by atoms with Crippen molar-refractivity contribution in [2.45, 2.75) is 76.5 Å². The number of hydrogen-bond donors (Lipinski definition) is 2. The van der Waals surface area contributed by atoms with Gasteiger partial charge < -0.3 is 54.0 Å². The molecule has 1 atom stereocenters. The number of nitrogens with zero attached hydrogens (tertiary/aromatic N) is 5. The number of ether oxygens (including phenoxy) is 7. The van der Waals surface area contributed by atoms with Gasteiger partial charge in [0, 0.05) is 62.6 Å². The number of nitrogens with one attached hydrogen (secondary N) is 1. The third-order valence-corrected chi connectivity index (χ3v) is 12.2. The summed E-state index contributed by atoms with van der Waals surface area (Å²) in [5.41, 5.74) is 9.14. The number of aromatic nitrogens is 3. The molecule has 16 nitrogen and oxygen atoms in total. The van der Waals surface area contributed by atoms with Gasteiger partial charge in [-0.2, -0.15) is 0 Å². The number of amides is 2. The number of carbonyl (C=O) groups excluding carboxylic acids is 2. The number of alkyl halides is 2. The van der Waals surface area contributed by atoms with Gasteiger partial charge in [-0.1, -0.05) is 47.7 Å². The van der Waals surface area contributed by atoms with Gasteiger partial charge in [0.1, 0.15) is 29.9 Å². The van der Waals surface area contributed by atoms with Gasteiger partial charge in [0.2, 0.25) is 11.8 Å².